The summed E-state index contributed by atoms with van der Waals surface area (Å²) in [6.07, 6.45) is 1.59. The minimum absolute atomic E-state index is 0. The summed E-state index contributed by atoms with van der Waals surface area (Å²) in [6.45, 7) is 0.421. The highest BCUT2D eigenvalue weighted by molar-refractivity contribution is 5.85. The lowest BCUT2D eigenvalue weighted by atomic mass is 10.3. The molecule has 0 atom stereocenters. The van der Waals surface area contributed by atoms with Gasteiger partial charge in [-0.2, -0.15) is 0 Å². The molecule has 56 valence electrons. The number of halogens is 1. The average molecular weight is 161 g/mol. The van der Waals surface area contributed by atoms with Gasteiger partial charge in [-0.3, -0.25) is 4.79 Å². The lowest BCUT2D eigenvalue weighted by Gasteiger charge is -1.90. The molecule has 0 radical (unpaired) electrons. The normalized spacial score (nSPS) is 8.50. The highest BCUT2D eigenvalue weighted by Gasteiger charge is 1.85. The molecule has 0 aliphatic rings. The number of nitrogens with one attached hydrogen (secondary N) is 1. The summed E-state index contributed by atoms with van der Waals surface area (Å²) in [7, 11) is 0. The molecule has 0 aliphatic heterocycles. The zero-order valence-electron chi connectivity index (χ0n) is 5.33. The standard InChI is InChI=1S/C6H8N2O.ClH/c7-4-5-1-2-8-6(9)3-5;/h1-3H,4,7H2,(H,8,9);1H. The van der Waals surface area contributed by atoms with Crippen LogP contribution in [0.5, 0.6) is 0 Å². The molecule has 0 aromatic carbocycles. The first kappa shape index (κ1) is 9.20. The van der Waals surface area contributed by atoms with E-state index in [1.807, 2.05) is 0 Å². The highest BCUT2D eigenvalue weighted by atomic mass is 35.5. The molecule has 1 heterocycles. The molecule has 1 aromatic heterocycles. The van der Waals surface area contributed by atoms with Crippen LogP contribution in [0.4, 0.5) is 0 Å². The minimum atomic E-state index is -0.0991. The largest absolute Gasteiger partial charge is 0.329 e. The molecule has 3 nitrogen and oxygen atoms in total. The molecule has 4 heteroatoms. The fraction of sp³-hybridized carbons (Fsp3) is 0.167. The van der Waals surface area contributed by atoms with E-state index in [1.165, 1.54) is 6.07 Å². The fourth-order valence-corrected chi connectivity index (χ4v) is 0.616. The van der Waals surface area contributed by atoms with Gasteiger partial charge in [0.1, 0.15) is 0 Å². The lowest BCUT2D eigenvalue weighted by Crippen LogP contribution is -2.06. The van der Waals surface area contributed by atoms with E-state index < -0.39 is 0 Å². The fourth-order valence-electron chi connectivity index (χ4n) is 0.616. The average Bonchev–Trinajstić information content (AvgIpc) is 1.88. The molecule has 0 spiro atoms. The van der Waals surface area contributed by atoms with E-state index in [4.69, 9.17) is 5.73 Å². The van der Waals surface area contributed by atoms with Crippen molar-refractivity contribution in [2.45, 2.75) is 6.54 Å². The number of H-pyrrole nitrogens is 1. The number of pyridine rings is 1. The Bertz CT molecular complexity index is 246. The second-order valence-electron chi connectivity index (χ2n) is 1.77. The summed E-state index contributed by atoms with van der Waals surface area (Å²) < 4.78 is 0. The predicted octanol–water partition coefficient (Wildman–Crippen LogP) is 0.255. The van der Waals surface area contributed by atoms with E-state index in [0.29, 0.717) is 6.54 Å². The summed E-state index contributed by atoms with van der Waals surface area (Å²) in [6, 6.07) is 3.27. The molecular formula is C6H9ClN2O. The van der Waals surface area contributed by atoms with Gasteiger partial charge < -0.3 is 10.7 Å². The second-order valence-corrected chi connectivity index (χ2v) is 1.77. The van der Waals surface area contributed by atoms with Crippen LogP contribution < -0.4 is 11.3 Å². The molecule has 10 heavy (non-hydrogen) atoms. The molecule has 1 aromatic rings. The van der Waals surface area contributed by atoms with Crippen molar-refractivity contribution in [1.29, 1.82) is 0 Å². The zero-order valence-corrected chi connectivity index (χ0v) is 6.15. The SMILES string of the molecule is Cl.NCc1cc[nH]c(=O)c1. The van der Waals surface area contributed by atoms with Crippen molar-refractivity contribution in [3.8, 4) is 0 Å². The Morgan fingerprint density at radius 1 is 1.60 bits per heavy atom. The van der Waals surface area contributed by atoms with Gasteiger partial charge in [0.25, 0.3) is 0 Å². The number of aromatic amines is 1. The first-order valence-electron chi connectivity index (χ1n) is 2.70. The Labute approximate surface area is 64.7 Å². The Kier molecular flexibility index (Phi) is 3.76. The van der Waals surface area contributed by atoms with Gasteiger partial charge in [-0.05, 0) is 11.6 Å². The Hall–Kier alpha value is -0.800. The van der Waals surface area contributed by atoms with Crippen LogP contribution in [0.1, 0.15) is 5.56 Å². The van der Waals surface area contributed by atoms with Crippen molar-refractivity contribution in [2.75, 3.05) is 0 Å². The number of hydrogen-bond acceptors (Lipinski definition) is 2. The first-order chi connectivity index (χ1) is 4.33. The zero-order chi connectivity index (χ0) is 6.69. The first-order valence-corrected chi connectivity index (χ1v) is 2.70. The van der Waals surface area contributed by atoms with Crippen LogP contribution in [0.2, 0.25) is 0 Å². The van der Waals surface area contributed by atoms with E-state index in [9.17, 15) is 4.79 Å². The van der Waals surface area contributed by atoms with Crippen LogP contribution in [-0.4, -0.2) is 4.98 Å². The van der Waals surface area contributed by atoms with Crippen LogP contribution in [0.15, 0.2) is 23.1 Å². The summed E-state index contributed by atoms with van der Waals surface area (Å²) in [4.78, 5) is 13.0. The van der Waals surface area contributed by atoms with Crippen LogP contribution in [0, 0.1) is 0 Å². The molecule has 0 aliphatic carbocycles. The van der Waals surface area contributed by atoms with Crippen LogP contribution in [0.3, 0.4) is 0 Å². The number of rotatable bonds is 1. The van der Waals surface area contributed by atoms with Crippen LogP contribution in [-0.2, 0) is 6.54 Å². The third-order valence-electron chi connectivity index (χ3n) is 1.08. The van der Waals surface area contributed by atoms with Crippen LogP contribution in [0.25, 0.3) is 0 Å². The van der Waals surface area contributed by atoms with Crippen molar-refractivity contribution in [3.63, 3.8) is 0 Å². The lowest BCUT2D eigenvalue weighted by molar-refractivity contribution is 1.05. The Balaban J connectivity index is 0.000000810. The van der Waals surface area contributed by atoms with Gasteiger partial charge in [0.2, 0.25) is 5.56 Å². The predicted molar refractivity (Wildman–Crippen MR) is 42.2 cm³/mol. The number of hydrogen-bond donors (Lipinski definition) is 2. The quantitative estimate of drug-likeness (QED) is 0.619. The molecule has 0 bridgehead atoms. The third kappa shape index (κ3) is 2.21. The van der Waals surface area contributed by atoms with E-state index >= 15 is 0 Å². The third-order valence-corrected chi connectivity index (χ3v) is 1.08. The van der Waals surface area contributed by atoms with E-state index in [1.54, 1.807) is 12.3 Å². The number of nitrogens with two attached hydrogens (primary N) is 1. The second kappa shape index (κ2) is 4.09. The van der Waals surface area contributed by atoms with Crippen LogP contribution >= 0.6 is 12.4 Å². The van der Waals surface area contributed by atoms with Gasteiger partial charge in [0.15, 0.2) is 0 Å². The van der Waals surface area contributed by atoms with Gasteiger partial charge in [0.05, 0.1) is 0 Å². The molecule has 1 rings (SSSR count). The van der Waals surface area contributed by atoms with Crippen molar-refractivity contribution < 1.29 is 0 Å². The molecule has 0 saturated carbocycles. The Morgan fingerprint density at radius 2 is 2.30 bits per heavy atom. The van der Waals surface area contributed by atoms with Gasteiger partial charge in [-0.1, -0.05) is 0 Å². The topological polar surface area (TPSA) is 58.9 Å². The highest BCUT2D eigenvalue weighted by Crippen LogP contribution is 1.87. The van der Waals surface area contributed by atoms with Crippen molar-refractivity contribution in [3.05, 3.63) is 34.2 Å². The van der Waals surface area contributed by atoms with E-state index in [-0.39, 0.29) is 18.0 Å². The smallest absolute Gasteiger partial charge is 0.248 e. The minimum Gasteiger partial charge on any atom is -0.329 e. The van der Waals surface area contributed by atoms with Crippen molar-refractivity contribution >= 4 is 12.4 Å². The molecule has 0 saturated heterocycles. The van der Waals surface area contributed by atoms with E-state index in [0.717, 1.165) is 5.56 Å². The van der Waals surface area contributed by atoms with Gasteiger partial charge in [0, 0.05) is 18.8 Å². The summed E-state index contributed by atoms with van der Waals surface area (Å²) >= 11 is 0. The molecule has 0 amide bonds. The van der Waals surface area contributed by atoms with Crippen molar-refractivity contribution in [2.24, 2.45) is 5.73 Å². The summed E-state index contributed by atoms with van der Waals surface area (Å²) in [5.41, 5.74) is 6.03. The van der Waals surface area contributed by atoms with E-state index in [2.05, 4.69) is 4.98 Å². The summed E-state index contributed by atoms with van der Waals surface area (Å²) in [5, 5.41) is 0. The summed E-state index contributed by atoms with van der Waals surface area (Å²) in [5.74, 6) is 0. The molecule has 3 N–H and O–H groups in total. The maximum absolute atomic E-state index is 10.5. The Morgan fingerprint density at radius 3 is 2.70 bits per heavy atom. The van der Waals surface area contributed by atoms with Crippen molar-refractivity contribution in [1.82, 2.24) is 4.98 Å². The van der Waals surface area contributed by atoms with Gasteiger partial charge in [-0.15, -0.1) is 12.4 Å². The maximum atomic E-state index is 10.5. The molecule has 0 unspecified atom stereocenters. The molecule has 0 fully saturated rings. The van der Waals surface area contributed by atoms with Gasteiger partial charge >= 0.3 is 0 Å². The monoisotopic (exact) mass is 160 g/mol. The van der Waals surface area contributed by atoms with Gasteiger partial charge in [-0.25, -0.2) is 0 Å². The number of aromatic nitrogens is 1. The maximum Gasteiger partial charge on any atom is 0.248 e. The molecular weight excluding hydrogens is 152 g/mol.